The Morgan fingerprint density at radius 1 is 1.21 bits per heavy atom. The highest BCUT2D eigenvalue weighted by atomic mass is 32.2. The van der Waals surface area contributed by atoms with Crippen molar-refractivity contribution >= 4 is 34.1 Å². The number of benzene rings is 2. The van der Waals surface area contributed by atoms with E-state index in [2.05, 4.69) is 15.5 Å². The van der Waals surface area contributed by atoms with Crippen molar-refractivity contribution in [3.8, 4) is 11.3 Å². The van der Waals surface area contributed by atoms with E-state index in [1.165, 1.54) is 35.2 Å². The van der Waals surface area contributed by atoms with Crippen molar-refractivity contribution < 1.29 is 13.7 Å². The number of carbonyl (C=O) groups excluding carboxylic acids is 1. The number of aryl methyl sites for hydroxylation is 1. The minimum Gasteiger partial charge on any atom is -0.360 e. The van der Waals surface area contributed by atoms with E-state index in [0.29, 0.717) is 22.1 Å². The Morgan fingerprint density at radius 2 is 2.00 bits per heavy atom. The molecule has 29 heavy (non-hydrogen) atoms. The third-order valence-electron chi connectivity index (χ3n) is 4.04. The molecule has 4 aromatic rings. The third-order valence-corrected chi connectivity index (χ3v) is 5.90. The molecule has 0 unspecified atom stereocenters. The molecular weight excluding hydrogens is 409 g/mol. The summed E-state index contributed by atoms with van der Waals surface area (Å²) < 4.78 is 18.3. The molecule has 5 nitrogen and oxygen atoms in total. The molecule has 0 fully saturated rings. The van der Waals surface area contributed by atoms with Crippen LogP contribution in [0.1, 0.15) is 21.8 Å². The van der Waals surface area contributed by atoms with Crippen molar-refractivity contribution in [3.05, 3.63) is 82.8 Å². The molecule has 0 aliphatic heterocycles. The van der Waals surface area contributed by atoms with Gasteiger partial charge in [0.05, 0.1) is 22.7 Å². The van der Waals surface area contributed by atoms with Crippen LogP contribution in [0.5, 0.6) is 0 Å². The summed E-state index contributed by atoms with van der Waals surface area (Å²) >= 11 is 2.83. The summed E-state index contributed by atoms with van der Waals surface area (Å²) in [5.74, 6) is 0.803. The zero-order chi connectivity index (χ0) is 20.2. The van der Waals surface area contributed by atoms with Crippen LogP contribution in [-0.4, -0.2) is 16.0 Å². The molecule has 0 radical (unpaired) electrons. The van der Waals surface area contributed by atoms with Gasteiger partial charge in [-0.3, -0.25) is 10.1 Å². The number of carbonyl (C=O) groups is 1. The molecule has 1 amide bonds. The number of hydrogen-bond acceptors (Lipinski definition) is 6. The van der Waals surface area contributed by atoms with E-state index in [1.54, 1.807) is 18.2 Å². The number of thiazole rings is 1. The van der Waals surface area contributed by atoms with Crippen LogP contribution in [-0.2, 0) is 5.75 Å². The Bertz CT molecular complexity index is 1140. The molecule has 4 rings (SSSR count). The predicted molar refractivity (Wildman–Crippen MR) is 113 cm³/mol. The van der Waals surface area contributed by atoms with Gasteiger partial charge in [-0.25, -0.2) is 9.37 Å². The fourth-order valence-electron chi connectivity index (χ4n) is 2.66. The number of halogens is 1. The average Bonchev–Trinajstić information content (AvgIpc) is 3.36. The van der Waals surface area contributed by atoms with Crippen molar-refractivity contribution in [2.24, 2.45) is 0 Å². The Kier molecular flexibility index (Phi) is 5.73. The predicted octanol–water partition coefficient (Wildman–Crippen LogP) is 5.79. The largest absolute Gasteiger partial charge is 0.360 e. The minimum atomic E-state index is -0.299. The summed E-state index contributed by atoms with van der Waals surface area (Å²) in [6.45, 7) is 1.87. The summed E-state index contributed by atoms with van der Waals surface area (Å²) in [5, 5.41) is 9.04. The van der Waals surface area contributed by atoms with Crippen LogP contribution in [0.3, 0.4) is 0 Å². The SMILES string of the molecule is Cc1cc(CSc2ccccc2C(=O)Nc2nc(-c3ccc(F)cc3)cs2)on1. The van der Waals surface area contributed by atoms with Crippen LogP contribution in [0.2, 0.25) is 0 Å². The number of thioether (sulfide) groups is 1. The molecule has 2 aromatic heterocycles. The van der Waals surface area contributed by atoms with E-state index in [9.17, 15) is 9.18 Å². The van der Waals surface area contributed by atoms with Crippen LogP contribution in [0.15, 0.2) is 69.4 Å². The number of hydrogen-bond donors (Lipinski definition) is 1. The van der Waals surface area contributed by atoms with Gasteiger partial charge in [0.15, 0.2) is 5.13 Å². The van der Waals surface area contributed by atoms with Gasteiger partial charge in [-0.1, -0.05) is 17.3 Å². The highest BCUT2D eigenvalue weighted by Gasteiger charge is 2.15. The Morgan fingerprint density at radius 3 is 2.76 bits per heavy atom. The second kappa shape index (κ2) is 8.59. The van der Waals surface area contributed by atoms with Crippen molar-refractivity contribution in [1.29, 1.82) is 0 Å². The molecule has 0 saturated carbocycles. The fraction of sp³-hybridized carbons (Fsp3) is 0.0952. The topological polar surface area (TPSA) is 68.0 Å². The van der Waals surface area contributed by atoms with Gasteiger partial charge in [0.1, 0.15) is 11.6 Å². The van der Waals surface area contributed by atoms with E-state index in [0.717, 1.165) is 21.9 Å². The molecule has 0 atom stereocenters. The average molecular weight is 426 g/mol. The van der Waals surface area contributed by atoms with Crippen LogP contribution in [0.25, 0.3) is 11.3 Å². The molecule has 146 valence electrons. The van der Waals surface area contributed by atoms with E-state index in [1.807, 2.05) is 36.6 Å². The summed E-state index contributed by atoms with van der Waals surface area (Å²) in [7, 11) is 0. The molecule has 0 saturated heterocycles. The fourth-order valence-corrected chi connectivity index (χ4v) is 4.30. The van der Waals surface area contributed by atoms with E-state index < -0.39 is 0 Å². The number of rotatable bonds is 6. The van der Waals surface area contributed by atoms with Crippen LogP contribution < -0.4 is 5.32 Å². The number of nitrogens with zero attached hydrogens (tertiary/aromatic N) is 2. The highest BCUT2D eigenvalue weighted by molar-refractivity contribution is 7.98. The summed E-state index contributed by atoms with van der Waals surface area (Å²) in [5.41, 5.74) is 2.87. The van der Waals surface area contributed by atoms with Gasteiger partial charge in [-0.15, -0.1) is 23.1 Å². The van der Waals surface area contributed by atoms with Crippen molar-refractivity contribution in [2.45, 2.75) is 17.6 Å². The van der Waals surface area contributed by atoms with Gasteiger partial charge in [0.2, 0.25) is 0 Å². The molecule has 0 aliphatic rings. The lowest BCUT2D eigenvalue weighted by molar-refractivity contribution is 0.102. The lowest BCUT2D eigenvalue weighted by Crippen LogP contribution is -2.12. The third kappa shape index (κ3) is 4.72. The maximum absolute atomic E-state index is 13.1. The lowest BCUT2D eigenvalue weighted by atomic mass is 10.2. The van der Waals surface area contributed by atoms with Crippen molar-refractivity contribution in [2.75, 3.05) is 5.32 Å². The molecule has 2 aromatic carbocycles. The summed E-state index contributed by atoms with van der Waals surface area (Å²) in [4.78, 5) is 18.1. The first-order valence-electron chi connectivity index (χ1n) is 8.75. The molecule has 0 aliphatic carbocycles. The summed E-state index contributed by atoms with van der Waals surface area (Å²) in [6, 6.07) is 15.4. The molecule has 8 heteroatoms. The maximum atomic E-state index is 13.1. The molecule has 0 spiro atoms. The van der Waals surface area contributed by atoms with E-state index in [4.69, 9.17) is 4.52 Å². The second-order valence-electron chi connectivity index (χ2n) is 6.22. The molecule has 2 heterocycles. The molecule has 1 N–H and O–H groups in total. The number of amides is 1. The van der Waals surface area contributed by atoms with Gasteiger partial charge in [-0.2, -0.15) is 0 Å². The number of nitrogens with one attached hydrogen (secondary N) is 1. The summed E-state index contributed by atoms with van der Waals surface area (Å²) in [6.07, 6.45) is 0. The lowest BCUT2D eigenvalue weighted by Gasteiger charge is -2.07. The smallest absolute Gasteiger partial charge is 0.258 e. The van der Waals surface area contributed by atoms with E-state index >= 15 is 0 Å². The molecule has 0 bridgehead atoms. The Labute approximate surface area is 175 Å². The minimum absolute atomic E-state index is 0.234. The van der Waals surface area contributed by atoms with Crippen LogP contribution in [0, 0.1) is 12.7 Å². The highest BCUT2D eigenvalue weighted by Crippen LogP contribution is 2.29. The van der Waals surface area contributed by atoms with Gasteiger partial charge in [0.25, 0.3) is 5.91 Å². The van der Waals surface area contributed by atoms with Crippen molar-refractivity contribution in [1.82, 2.24) is 10.1 Å². The number of anilines is 1. The molecular formula is C21H16FN3O2S2. The maximum Gasteiger partial charge on any atom is 0.258 e. The zero-order valence-corrected chi connectivity index (χ0v) is 17.0. The normalized spacial score (nSPS) is 10.8. The monoisotopic (exact) mass is 425 g/mol. The van der Waals surface area contributed by atoms with Gasteiger partial charge in [-0.05, 0) is 43.3 Å². The number of aromatic nitrogens is 2. The van der Waals surface area contributed by atoms with Gasteiger partial charge >= 0.3 is 0 Å². The van der Waals surface area contributed by atoms with Gasteiger partial charge in [0, 0.05) is 21.9 Å². The first kappa shape index (κ1) is 19.4. The second-order valence-corrected chi connectivity index (χ2v) is 8.09. The van der Waals surface area contributed by atoms with Crippen LogP contribution >= 0.6 is 23.1 Å². The zero-order valence-electron chi connectivity index (χ0n) is 15.4. The quantitative estimate of drug-likeness (QED) is 0.396. The Hall–Kier alpha value is -2.97. The first-order valence-corrected chi connectivity index (χ1v) is 10.6. The standard InChI is InChI=1S/C21H16FN3O2S2/c1-13-10-16(27-25-13)11-28-19-5-3-2-4-17(19)20(26)24-21-23-18(12-29-21)14-6-8-15(22)9-7-14/h2-10,12H,11H2,1H3,(H,23,24,26). The first-order chi connectivity index (χ1) is 14.1. The van der Waals surface area contributed by atoms with Gasteiger partial charge < -0.3 is 4.52 Å². The van der Waals surface area contributed by atoms with Crippen LogP contribution in [0.4, 0.5) is 9.52 Å². The van der Waals surface area contributed by atoms with Crippen molar-refractivity contribution in [3.63, 3.8) is 0 Å². The Balaban J connectivity index is 1.47. The van der Waals surface area contributed by atoms with E-state index in [-0.39, 0.29) is 11.7 Å².